The van der Waals surface area contributed by atoms with E-state index in [1.54, 1.807) is 38.4 Å². The first kappa shape index (κ1) is 18.7. The van der Waals surface area contributed by atoms with Crippen LogP contribution in [0.3, 0.4) is 0 Å². The standard InChI is InChI=1S/C18H19Cl2NO3/c1-4-24-10-17(22)15-9-21(3)18(23)11(2)14(15)7-12-5-6-13(19)8-16(12)20/h5-6,8-9H,4,7,10H2,1-3H3. The molecular weight excluding hydrogens is 349 g/mol. The molecule has 1 aromatic carbocycles. The van der Waals surface area contributed by atoms with Crippen LogP contribution >= 0.6 is 23.2 Å². The highest BCUT2D eigenvalue weighted by molar-refractivity contribution is 6.35. The number of hydrogen-bond donors (Lipinski definition) is 0. The Morgan fingerprint density at radius 3 is 2.62 bits per heavy atom. The van der Waals surface area contributed by atoms with Gasteiger partial charge >= 0.3 is 0 Å². The summed E-state index contributed by atoms with van der Waals surface area (Å²) < 4.78 is 6.64. The number of halogens is 2. The molecule has 0 saturated carbocycles. The molecule has 0 unspecified atom stereocenters. The van der Waals surface area contributed by atoms with Crippen LogP contribution in [0, 0.1) is 6.92 Å². The molecule has 0 radical (unpaired) electrons. The van der Waals surface area contributed by atoms with Crippen molar-refractivity contribution in [1.29, 1.82) is 0 Å². The fourth-order valence-corrected chi connectivity index (χ4v) is 3.00. The number of hydrogen-bond acceptors (Lipinski definition) is 3. The molecule has 6 heteroatoms. The lowest BCUT2D eigenvalue weighted by Gasteiger charge is -2.15. The van der Waals surface area contributed by atoms with Crippen molar-refractivity contribution in [2.75, 3.05) is 13.2 Å². The molecular formula is C18H19Cl2NO3. The topological polar surface area (TPSA) is 48.3 Å². The fraction of sp³-hybridized carbons (Fsp3) is 0.333. The summed E-state index contributed by atoms with van der Waals surface area (Å²) in [4.78, 5) is 24.7. The molecule has 128 valence electrons. The Kier molecular flexibility index (Phi) is 6.21. The van der Waals surface area contributed by atoms with Crippen molar-refractivity contribution in [2.45, 2.75) is 20.3 Å². The van der Waals surface area contributed by atoms with Crippen molar-refractivity contribution >= 4 is 29.0 Å². The van der Waals surface area contributed by atoms with Gasteiger partial charge in [0.15, 0.2) is 5.78 Å². The lowest BCUT2D eigenvalue weighted by Crippen LogP contribution is -2.25. The van der Waals surface area contributed by atoms with Crippen LogP contribution in [0.1, 0.15) is 34.0 Å². The first-order valence-electron chi connectivity index (χ1n) is 7.59. The van der Waals surface area contributed by atoms with E-state index in [0.717, 1.165) is 5.56 Å². The van der Waals surface area contributed by atoms with E-state index < -0.39 is 0 Å². The molecule has 0 saturated heterocycles. The van der Waals surface area contributed by atoms with Gasteiger partial charge in [0.2, 0.25) is 0 Å². The summed E-state index contributed by atoms with van der Waals surface area (Å²) in [5.74, 6) is -0.157. The fourth-order valence-electron chi connectivity index (χ4n) is 2.52. The Morgan fingerprint density at radius 2 is 2.00 bits per heavy atom. The molecule has 0 bridgehead atoms. The first-order chi connectivity index (χ1) is 11.3. The summed E-state index contributed by atoms with van der Waals surface area (Å²) in [6, 6.07) is 5.19. The molecule has 24 heavy (non-hydrogen) atoms. The largest absolute Gasteiger partial charge is 0.374 e. The summed E-state index contributed by atoms with van der Waals surface area (Å²) in [5, 5.41) is 1.04. The van der Waals surface area contributed by atoms with Crippen molar-refractivity contribution in [2.24, 2.45) is 7.05 Å². The van der Waals surface area contributed by atoms with Gasteiger partial charge in [0.1, 0.15) is 6.61 Å². The average molecular weight is 368 g/mol. The van der Waals surface area contributed by atoms with E-state index in [1.807, 2.05) is 6.92 Å². The van der Waals surface area contributed by atoms with Gasteiger partial charge in [-0.1, -0.05) is 29.3 Å². The maximum atomic E-state index is 12.5. The third kappa shape index (κ3) is 4.07. The van der Waals surface area contributed by atoms with E-state index in [2.05, 4.69) is 0 Å². The average Bonchev–Trinajstić information content (AvgIpc) is 2.54. The summed E-state index contributed by atoms with van der Waals surface area (Å²) in [6.07, 6.45) is 1.95. The van der Waals surface area contributed by atoms with Crippen molar-refractivity contribution in [1.82, 2.24) is 4.57 Å². The second-order valence-electron chi connectivity index (χ2n) is 5.54. The van der Waals surface area contributed by atoms with Crippen molar-refractivity contribution in [3.63, 3.8) is 0 Å². The van der Waals surface area contributed by atoms with Crippen LogP contribution in [0.4, 0.5) is 0 Å². The van der Waals surface area contributed by atoms with Gasteiger partial charge in [-0.25, -0.2) is 0 Å². The predicted octanol–water partition coefficient (Wildman–Crippen LogP) is 3.81. The summed E-state index contributed by atoms with van der Waals surface area (Å²) in [7, 11) is 1.63. The van der Waals surface area contributed by atoms with E-state index in [9.17, 15) is 9.59 Å². The number of ether oxygens (including phenoxy) is 1. The van der Waals surface area contributed by atoms with Crippen LogP contribution in [0.5, 0.6) is 0 Å². The number of aromatic nitrogens is 1. The van der Waals surface area contributed by atoms with Gasteiger partial charge in [0, 0.05) is 47.4 Å². The zero-order chi connectivity index (χ0) is 17.9. The third-order valence-electron chi connectivity index (χ3n) is 3.86. The van der Waals surface area contributed by atoms with Gasteiger partial charge in [-0.05, 0) is 37.1 Å². The quantitative estimate of drug-likeness (QED) is 0.729. The number of carbonyl (C=O) groups is 1. The predicted molar refractivity (Wildman–Crippen MR) is 96.5 cm³/mol. The molecule has 0 aliphatic rings. The number of ketones is 1. The van der Waals surface area contributed by atoms with Crippen molar-refractivity contribution in [3.05, 3.63) is 67.0 Å². The maximum Gasteiger partial charge on any atom is 0.253 e. The van der Waals surface area contributed by atoms with Crippen LogP contribution in [0.25, 0.3) is 0 Å². The minimum Gasteiger partial charge on any atom is -0.374 e. The van der Waals surface area contributed by atoms with Gasteiger partial charge in [0.05, 0.1) is 0 Å². The Balaban J connectivity index is 2.52. The zero-order valence-electron chi connectivity index (χ0n) is 13.9. The molecule has 0 fully saturated rings. The van der Waals surface area contributed by atoms with E-state index in [1.165, 1.54) is 4.57 Å². The van der Waals surface area contributed by atoms with Crippen LogP contribution in [-0.4, -0.2) is 23.6 Å². The second-order valence-corrected chi connectivity index (χ2v) is 6.38. The van der Waals surface area contributed by atoms with E-state index in [0.29, 0.717) is 39.8 Å². The van der Waals surface area contributed by atoms with Gasteiger partial charge in [0.25, 0.3) is 5.56 Å². The number of carbonyl (C=O) groups excluding carboxylic acids is 1. The molecule has 1 heterocycles. The van der Waals surface area contributed by atoms with Gasteiger partial charge in [-0.15, -0.1) is 0 Å². The Hall–Kier alpha value is -1.62. The van der Waals surface area contributed by atoms with E-state index >= 15 is 0 Å². The summed E-state index contributed by atoms with van der Waals surface area (Å²) in [5.41, 5.74) is 2.36. The summed E-state index contributed by atoms with van der Waals surface area (Å²) in [6.45, 7) is 3.98. The summed E-state index contributed by atoms with van der Waals surface area (Å²) >= 11 is 12.2. The van der Waals surface area contributed by atoms with Crippen molar-refractivity contribution < 1.29 is 9.53 Å². The number of Topliss-reactive ketones (excluding diaryl/α,β-unsaturated/α-hetero) is 1. The second kappa shape index (κ2) is 7.97. The Morgan fingerprint density at radius 1 is 1.29 bits per heavy atom. The highest BCUT2D eigenvalue weighted by Crippen LogP contribution is 2.25. The molecule has 1 aromatic heterocycles. The number of benzene rings is 1. The van der Waals surface area contributed by atoms with Gasteiger partial charge < -0.3 is 9.30 Å². The molecule has 0 amide bonds. The van der Waals surface area contributed by atoms with Crippen LogP contribution in [0.15, 0.2) is 29.2 Å². The minimum atomic E-state index is -0.157. The van der Waals surface area contributed by atoms with Crippen LogP contribution < -0.4 is 5.56 Å². The SMILES string of the molecule is CCOCC(=O)c1cn(C)c(=O)c(C)c1Cc1ccc(Cl)cc1Cl. The first-order valence-corrected chi connectivity index (χ1v) is 8.34. The Labute approximate surface area is 151 Å². The highest BCUT2D eigenvalue weighted by Gasteiger charge is 2.18. The Bertz CT molecular complexity index is 828. The minimum absolute atomic E-state index is 0.0184. The monoisotopic (exact) mass is 367 g/mol. The number of pyridine rings is 1. The number of rotatable bonds is 6. The van der Waals surface area contributed by atoms with Gasteiger partial charge in [-0.2, -0.15) is 0 Å². The lowest BCUT2D eigenvalue weighted by molar-refractivity contribution is 0.0781. The number of aryl methyl sites for hydroxylation is 1. The molecule has 4 nitrogen and oxygen atoms in total. The smallest absolute Gasteiger partial charge is 0.253 e. The highest BCUT2D eigenvalue weighted by atomic mass is 35.5. The molecule has 0 aliphatic heterocycles. The molecule has 2 rings (SSSR count). The lowest BCUT2D eigenvalue weighted by atomic mass is 9.95. The van der Waals surface area contributed by atoms with Crippen molar-refractivity contribution in [3.8, 4) is 0 Å². The molecule has 0 spiro atoms. The molecule has 0 aliphatic carbocycles. The maximum absolute atomic E-state index is 12.5. The van der Waals surface area contributed by atoms with Crippen LogP contribution in [0.2, 0.25) is 10.0 Å². The molecule has 2 aromatic rings. The molecule has 0 N–H and O–H groups in total. The normalized spacial score (nSPS) is 10.9. The third-order valence-corrected chi connectivity index (χ3v) is 4.45. The molecule has 0 atom stereocenters. The van der Waals surface area contributed by atoms with Gasteiger partial charge in [-0.3, -0.25) is 9.59 Å². The number of nitrogens with zero attached hydrogens (tertiary/aromatic N) is 1. The van der Waals surface area contributed by atoms with E-state index in [4.69, 9.17) is 27.9 Å². The zero-order valence-corrected chi connectivity index (χ0v) is 15.4. The van der Waals surface area contributed by atoms with Crippen LogP contribution in [-0.2, 0) is 18.2 Å². The van der Waals surface area contributed by atoms with E-state index in [-0.39, 0.29) is 17.9 Å².